The van der Waals surface area contributed by atoms with Crippen molar-refractivity contribution in [3.63, 3.8) is 0 Å². The molecule has 0 unspecified atom stereocenters. The Morgan fingerprint density at radius 1 is 1.05 bits per heavy atom. The SMILES string of the molecule is CC(C)(C)c1cnc(N2CCCCC2)c(C(F)(F)F)c1. The molecule has 0 spiro atoms. The second-order valence-corrected chi connectivity index (χ2v) is 6.39. The van der Waals surface area contributed by atoms with Crippen molar-refractivity contribution in [2.24, 2.45) is 0 Å². The fraction of sp³-hybridized carbons (Fsp3) is 0.667. The van der Waals surface area contributed by atoms with E-state index in [1.54, 1.807) is 11.1 Å². The molecule has 0 bridgehead atoms. The first-order valence-electron chi connectivity index (χ1n) is 7.02. The second kappa shape index (κ2) is 5.26. The van der Waals surface area contributed by atoms with Gasteiger partial charge in [-0.25, -0.2) is 4.98 Å². The van der Waals surface area contributed by atoms with Gasteiger partial charge >= 0.3 is 6.18 Å². The van der Waals surface area contributed by atoms with Crippen molar-refractivity contribution in [3.8, 4) is 0 Å². The van der Waals surface area contributed by atoms with Gasteiger partial charge in [-0.15, -0.1) is 0 Å². The highest BCUT2D eigenvalue weighted by Gasteiger charge is 2.37. The standard InChI is InChI=1S/C15H21F3N2/c1-14(2,3)11-9-12(15(16,17)18)13(19-10-11)20-7-5-4-6-8-20/h9-10H,4-8H2,1-3H3. The Bertz CT molecular complexity index is 469. The van der Waals surface area contributed by atoms with Gasteiger partial charge < -0.3 is 4.90 Å². The first-order chi connectivity index (χ1) is 9.19. The summed E-state index contributed by atoms with van der Waals surface area (Å²) in [6, 6.07) is 1.26. The van der Waals surface area contributed by atoms with Crippen LogP contribution in [0.2, 0.25) is 0 Å². The Kier molecular flexibility index (Phi) is 3.98. The number of aromatic nitrogens is 1. The summed E-state index contributed by atoms with van der Waals surface area (Å²) in [5.41, 5.74) is -0.328. The number of hydrogen-bond acceptors (Lipinski definition) is 2. The minimum Gasteiger partial charge on any atom is -0.356 e. The predicted molar refractivity (Wildman–Crippen MR) is 74.0 cm³/mol. The number of piperidine rings is 1. The van der Waals surface area contributed by atoms with E-state index >= 15 is 0 Å². The molecule has 0 amide bonds. The predicted octanol–water partition coefficient (Wildman–Crippen LogP) is 4.39. The summed E-state index contributed by atoms with van der Waals surface area (Å²) in [7, 11) is 0. The van der Waals surface area contributed by atoms with Gasteiger partial charge in [0.2, 0.25) is 0 Å². The number of rotatable bonds is 1. The van der Waals surface area contributed by atoms with E-state index in [9.17, 15) is 13.2 Å². The fourth-order valence-electron chi connectivity index (χ4n) is 2.43. The summed E-state index contributed by atoms with van der Waals surface area (Å²) < 4.78 is 39.9. The highest BCUT2D eigenvalue weighted by molar-refractivity contribution is 5.51. The van der Waals surface area contributed by atoms with Crippen LogP contribution in [0.25, 0.3) is 0 Å². The molecular weight excluding hydrogens is 265 g/mol. The molecule has 2 rings (SSSR count). The van der Waals surface area contributed by atoms with Crippen molar-refractivity contribution in [1.82, 2.24) is 4.98 Å². The Hall–Kier alpha value is -1.26. The molecular formula is C15H21F3N2. The molecule has 0 N–H and O–H groups in total. The van der Waals surface area contributed by atoms with Crippen molar-refractivity contribution in [3.05, 3.63) is 23.4 Å². The van der Waals surface area contributed by atoms with Crippen LogP contribution in [0, 0.1) is 0 Å². The molecule has 20 heavy (non-hydrogen) atoms. The molecule has 1 saturated heterocycles. The largest absolute Gasteiger partial charge is 0.419 e. The molecule has 0 aliphatic carbocycles. The Labute approximate surface area is 118 Å². The van der Waals surface area contributed by atoms with Gasteiger partial charge in [0.15, 0.2) is 0 Å². The van der Waals surface area contributed by atoms with E-state index in [-0.39, 0.29) is 11.2 Å². The average molecular weight is 286 g/mol. The van der Waals surface area contributed by atoms with Gasteiger partial charge in [-0.3, -0.25) is 0 Å². The lowest BCUT2D eigenvalue weighted by atomic mass is 9.87. The highest BCUT2D eigenvalue weighted by atomic mass is 19.4. The quantitative estimate of drug-likeness (QED) is 0.761. The summed E-state index contributed by atoms with van der Waals surface area (Å²) in [6.45, 7) is 7.00. The molecule has 1 aliphatic heterocycles. The summed E-state index contributed by atoms with van der Waals surface area (Å²) in [4.78, 5) is 5.90. The van der Waals surface area contributed by atoms with Crippen LogP contribution >= 0.6 is 0 Å². The van der Waals surface area contributed by atoms with Gasteiger partial charge in [0.25, 0.3) is 0 Å². The Morgan fingerprint density at radius 2 is 1.65 bits per heavy atom. The zero-order valence-corrected chi connectivity index (χ0v) is 12.2. The molecule has 0 aromatic carbocycles. The molecule has 1 fully saturated rings. The third kappa shape index (κ3) is 3.25. The van der Waals surface area contributed by atoms with Crippen LogP contribution in [0.3, 0.4) is 0 Å². The second-order valence-electron chi connectivity index (χ2n) is 6.39. The van der Waals surface area contributed by atoms with Gasteiger partial charge in [0.1, 0.15) is 5.82 Å². The van der Waals surface area contributed by atoms with Crippen molar-refractivity contribution in [2.45, 2.75) is 51.6 Å². The van der Waals surface area contributed by atoms with E-state index in [1.807, 2.05) is 20.8 Å². The first-order valence-corrected chi connectivity index (χ1v) is 7.02. The summed E-state index contributed by atoms with van der Waals surface area (Å²) >= 11 is 0. The van der Waals surface area contributed by atoms with Gasteiger partial charge in [-0.1, -0.05) is 20.8 Å². The van der Waals surface area contributed by atoms with Gasteiger partial charge in [0.05, 0.1) is 5.56 Å². The van der Waals surface area contributed by atoms with Crippen molar-refractivity contribution < 1.29 is 13.2 Å². The maximum atomic E-state index is 13.3. The molecule has 1 aromatic rings. The van der Waals surface area contributed by atoms with Crippen molar-refractivity contribution in [1.29, 1.82) is 0 Å². The fourth-order valence-corrected chi connectivity index (χ4v) is 2.43. The lowest BCUT2D eigenvalue weighted by Crippen LogP contribution is -2.32. The molecule has 0 atom stereocenters. The zero-order valence-electron chi connectivity index (χ0n) is 12.2. The maximum absolute atomic E-state index is 13.3. The minimum atomic E-state index is -4.36. The third-order valence-corrected chi connectivity index (χ3v) is 3.69. The summed E-state index contributed by atoms with van der Waals surface area (Å²) in [5, 5.41) is 0. The molecule has 2 heterocycles. The van der Waals surface area contributed by atoms with E-state index in [0.717, 1.165) is 19.3 Å². The monoisotopic (exact) mass is 286 g/mol. The number of hydrogen-bond donors (Lipinski definition) is 0. The van der Waals surface area contributed by atoms with Crippen LogP contribution in [0.15, 0.2) is 12.3 Å². The van der Waals surface area contributed by atoms with E-state index < -0.39 is 11.7 Å². The molecule has 5 heteroatoms. The number of halogens is 3. The molecule has 112 valence electrons. The summed E-state index contributed by atoms with van der Waals surface area (Å²) in [5.74, 6) is 0.0881. The molecule has 1 aromatic heterocycles. The smallest absolute Gasteiger partial charge is 0.356 e. The molecule has 0 radical (unpaired) electrons. The van der Waals surface area contributed by atoms with E-state index in [2.05, 4.69) is 4.98 Å². The Balaban J connectivity index is 2.45. The van der Waals surface area contributed by atoms with Crippen molar-refractivity contribution in [2.75, 3.05) is 18.0 Å². The highest BCUT2D eigenvalue weighted by Crippen LogP contribution is 2.38. The molecule has 2 nitrogen and oxygen atoms in total. The third-order valence-electron chi connectivity index (χ3n) is 3.69. The van der Waals surface area contributed by atoms with E-state index in [1.165, 1.54) is 6.07 Å². The lowest BCUT2D eigenvalue weighted by Gasteiger charge is -2.31. The Morgan fingerprint density at radius 3 is 2.15 bits per heavy atom. The maximum Gasteiger partial charge on any atom is 0.419 e. The number of alkyl halides is 3. The van der Waals surface area contributed by atoms with Crippen LogP contribution in [-0.4, -0.2) is 18.1 Å². The van der Waals surface area contributed by atoms with Crippen LogP contribution in [0.4, 0.5) is 19.0 Å². The average Bonchev–Trinajstić information content (AvgIpc) is 2.37. The van der Waals surface area contributed by atoms with E-state index in [4.69, 9.17) is 0 Å². The minimum absolute atomic E-state index is 0.0881. The number of anilines is 1. The zero-order chi connectivity index (χ0) is 15.0. The van der Waals surface area contributed by atoms with Crippen LogP contribution in [-0.2, 0) is 11.6 Å². The van der Waals surface area contributed by atoms with Crippen LogP contribution in [0.1, 0.15) is 51.2 Å². The van der Waals surface area contributed by atoms with Gasteiger partial charge in [-0.2, -0.15) is 13.2 Å². The van der Waals surface area contributed by atoms with Gasteiger partial charge in [-0.05, 0) is 36.3 Å². The molecule has 0 saturated carbocycles. The van der Waals surface area contributed by atoms with Gasteiger partial charge in [0, 0.05) is 19.3 Å². The number of nitrogens with zero attached hydrogens (tertiary/aromatic N) is 2. The topological polar surface area (TPSA) is 16.1 Å². The lowest BCUT2D eigenvalue weighted by molar-refractivity contribution is -0.137. The van der Waals surface area contributed by atoms with Crippen LogP contribution < -0.4 is 4.90 Å². The van der Waals surface area contributed by atoms with Crippen LogP contribution in [0.5, 0.6) is 0 Å². The number of pyridine rings is 1. The van der Waals surface area contributed by atoms with Crippen molar-refractivity contribution >= 4 is 5.82 Å². The molecule has 1 aliphatic rings. The summed E-state index contributed by atoms with van der Waals surface area (Å²) in [6.07, 6.45) is 0.165. The normalized spacial score (nSPS) is 17.4. The van der Waals surface area contributed by atoms with E-state index in [0.29, 0.717) is 18.7 Å². The first kappa shape index (κ1) is 15.1.